The van der Waals surface area contributed by atoms with Crippen molar-refractivity contribution in [2.75, 3.05) is 18.7 Å². The first kappa shape index (κ1) is 17.0. The quantitative estimate of drug-likeness (QED) is 0.692. The van der Waals surface area contributed by atoms with E-state index in [-0.39, 0.29) is 0 Å². The molecule has 138 valence electrons. The molecule has 3 aromatic rings. The van der Waals surface area contributed by atoms with Gasteiger partial charge < -0.3 is 4.74 Å². The standard InChI is InChI=1S/C18H20N8O/c1-13-9-19-18(20-10-13)25-8-7-17(21-25)27-11-15-14(2)5-4-6-16(15)26-12-24(3)22-23-26/h4-10H,11-12H2,1-3H3. The first-order chi connectivity index (χ1) is 13.1. The van der Waals surface area contributed by atoms with Gasteiger partial charge in [0.05, 0.1) is 5.69 Å². The molecular formula is C18H20N8O. The number of benzene rings is 1. The summed E-state index contributed by atoms with van der Waals surface area (Å²) in [4.78, 5) is 8.53. The molecule has 0 N–H and O–H groups in total. The SMILES string of the molecule is Cc1cnc(-n2ccc(OCc3c(C)cccc3N3CN(C)N=N3)n2)nc1. The van der Waals surface area contributed by atoms with Crippen LogP contribution in [-0.2, 0) is 6.61 Å². The third-order valence-corrected chi connectivity index (χ3v) is 4.20. The van der Waals surface area contributed by atoms with E-state index in [9.17, 15) is 0 Å². The van der Waals surface area contributed by atoms with Gasteiger partial charge in [-0.2, -0.15) is 0 Å². The Hall–Kier alpha value is -3.49. The van der Waals surface area contributed by atoms with Crippen LogP contribution in [0.2, 0.25) is 0 Å². The molecule has 0 radical (unpaired) electrons. The first-order valence-electron chi connectivity index (χ1n) is 8.56. The third-order valence-electron chi connectivity index (χ3n) is 4.20. The van der Waals surface area contributed by atoms with E-state index in [0.717, 1.165) is 22.4 Å². The number of aryl methyl sites for hydroxylation is 2. The van der Waals surface area contributed by atoms with Crippen molar-refractivity contribution in [3.8, 4) is 11.8 Å². The van der Waals surface area contributed by atoms with Gasteiger partial charge in [0.1, 0.15) is 13.3 Å². The van der Waals surface area contributed by atoms with Crippen LogP contribution < -0.4 is 9.75 Å². The van der Waals surface area contributed by atoms with E-state index in [1.54, 1.807) is 34.3 Å². The fourth-order valence-electron chi connectivity index (χ4n) is 2.75. The van der Waals surface area contributed by atoms with E-state index < -0.39 is 0 Å². The number of rotatable bonds is 5. The van der Waals surface area contributed by atoms with E-state index >= 15 is 0 Å². The molecule has 0 bridgehead atoms. The molecule has 3 heterocycles. The predicted molar refractivity (Wildman–Crippen MR) is 99.4 cm³/mol. The highest BCUT2D eigenvalue weighted by Gasteiger charge is 2.19. The lowest BCUT2D eigenvalue weighted by molar-refractivity contribution is 0.291. The smallest absolute Gasteiger partial charge is 0.250 e. The van der Waals surface area contributed by atoms with Gasteiger partial charge in [0.15, 0.2) is 0 Å². The van der Waals surface area contributed by atoms with E-state index in [0.29, 0.717) is 25.1 Å². The van der Waals surface area contributed by atoms with Crippen molar-refractivity contribution >= 4 is 5.69 Å². The molecule has 0 atom stereocenters. The van der Waals surface area contributed by atoms with Gasteiger partial charge in [-0.3, -0.25) is 5.01 Å². The monoisotopic (exact) mass is 364 g/mol. The van der Waals surface area contributed by atoms with Gasteiger partial charge in [0, 0.05) is 37.3 Å². The highest BCUT2D eigenvalue weighted by molar-refractivity contribution is 5.56. The molecule has 9 nitrogen and oxygen atoms in total. The summed E-state index contributed by atoms with van der Waals surface area (Å²) in [5, 5.41) is 16.3. The molecule has 0 fully saturated rings. The Labute approximate surface area is 156 Å². The van der Waals surface area contributed by atoms with Crippen molar-refractivity contribution in [3.63, 3.8) is 0 Å². The van der Waals surface area contributed by atoms with E-state index in [1.807, 2.05) is 31.1 Å². The molecular weight excluding hydrogens is 344 g/mol. The molecule has 1 aliphatic heterocycles. The Kier molecular flexibility index (Phi) is 4.41. The second kappa shape index (κ2) is 7.02. The van der Waals surface area contributed by atoms with Crippen LogP contribution in [0.4, 0.5) is 5.69 Å². The Morgan fingerprint density at radius 2 is 1.89 bits per heavy atom. The molecule has 0 saturated heterocycles. The maximum absolute atomic E-state index is 5.93. The van der Waals surface area contributed by atoms with Gasteiger partial charge in [0.2, 0.25) is 5.88 Å². The number of aromatic nitrogens is 4. The van der Waals surface area contributed by atoms with E-state index in [4.69, 9.17) is 4.74 Å². The zero-order chi connectivity index (χ0) is 18.8. The van der Waals surface area contributed by atoms with Crippen molar-refractivity contribution in [1.82, 2.24) is 24.8 Å². The Bertz CT molecular complexity index is 966. The maximum atomic E-state index is 5.93. The fraction of sp³-hybridized carbons (Fsp3) is 0.278. The van der Waals surface area contributed by atoms with Crippen LogP contribution in [0.25, 0.3) is 5.95 Å². The van der Waals surface area contributed by atoms with Crippen molar-refractivity contribution in [2.24, 2.45) is 10.4 Å². The average molecular weight is 364 g/mol. The molecule has 4 rings (SSSR count). The highest BCUT2D eigenvalue weighted by atomic mass is 16.5. The zero-order valence-corrected chi connectivity index (χ0v) is 15.4. The number of hydrogen-bond donors (Lipinski definition) is 0. The topological polar surface area (TPSA) is 84.0 Å². The molecule has 0 amide bonds. The first-order valence-corrected chi connectivity index (χ1v) is 8.56. The largest absolute Gasteiger partial charge is 0.472 e. The lowest BCUT2D eigenvalue weighted by Gasteiger charge is -2.19. The second-order valence-corrected chi connectivity index (χ2v) is 6.40. The van der Waals surface area contributed by atoms with Gasteiger partial charge in [-0.25, -0.2) is 19.7 Å². The van der Waals surface area contributed by atoms with Crippen LogP contribution in [-0.4, -0.2) is 38.5 Å². The fourth-order valence-corrected chi connectivity index (χ4v) is 2.75. The highest BCUT2D eigenvalue weighted by Crippen LogP contribution is 2.27. The Balaban J connectivity index is 1.51. The number of ether oxygens (including phenoxy) is 1. The summed E-state index contributed by atoms with van der Waals surface area (Å²) in [7, 11) is 1.88. The van der Waals surface area contributed by atoms with Crippen LogP contribution in [0.1, 0.15) is 16.7 Å². The predicted octanol–water partition coefficient (Wildman–Crippen LogP) is 2.85. The summed E-state index contributed by atoms with van der Waals surface area (Å²) < 4.78 is 7.52. The molecule has 0 spiro atoms. The minimum atomic E-state index is 0.378. The molecule has 1 aromatic carbocycles. The van der Waals surface area contributed by atoms with Crippen molar-refractivity contribution in [3.05, 3.63) is 59.5 Å². The molecule has 0 unspecified atom stereocenters. The van der Waals surface area contributed by atoms with Gasteiger partial charge in [-0.1, -0.05) is 17.4 Å². The molecule has 9 heteroatoms. The molecule has 2 aromatic heterocycles. The number of hydrogen-bond acceptors (Lipinski definition) is 8. The summed E-state index contributed by atoms with van der Waals surface area (Å²) in [5.74, 6) is 1.01. The Morgan fingerprint density at radius 3 is 2.63 bits per heavy atom. The lowest BCUT2D eigenvalue weighted by atomic mass is 10.1. The van der Waals surface area contributed by atoms with Gasteiger partial charge >= 0.3 is 0 Å². The number of nitrogens with zero attached hydrogens (tertiary/aromatic N) is 8. The minimum Gasteiger partial charge on any atom is -0.472 e. The maximum Gasteiger partial charge on any atom is 0.250 e. The van der Waals surface area contributed by atoms with Gasteiger partial charge in [-0.15, -0.1) is 5.10 Å². The van der Waals surface area contributed by atoms with Crippen molar-refractivity contribution < 1.29 is 4.74 Å². The third kappa shape index (κ3) is 3.57. The molecule has 0 saturated carbocycles. The van der Waals surface area contributed by atoms with Gasteiger partial charge in [0.25, 0.3) is 5.95 Å². The lowest BCUT2D eigenvalue weighted by Crippen LogP contribution is -2.23. The van der Waals surface area contributed by atoms with Gasteiger partial charge in [-0.05, 0) is 36.3 Å². The van der Waals surface area contributed by atoms with Crippen LogP contribution >= 0.6 is 0 Å². The average Bonchev–Trinajstić information content (AvgIpc) is 3.30. The van der Waals surface area contributed by atoms with Crippen molar-refractivity contribution in [1.29, 1.82) is 0 Å². The number of anilines is 1. The van der Waals surface area contributed by atoms with Crippen LogP contribution in [0.3, 0.4) is 0 Å². The summed E-state index contributed by atoms with van der Waals surface area (Å²) in [6, 6.07) is 7.87. The molecule has 27 heavy (non-hydrogen) atoms. The Morgan fingerprint density at radius 1 is 1.07 bits per heavy atom. The minimum absolute atomic E-state index is 0.378. The van der Waals surface area contributed by atoms with Crippen molar-refractivity contribution in [2.45, 2.75) is 20.5 Å². The van der Waals surface area contributed by atoms with Crippen LogP contribution in [0.5, 0.6) is 5.88 Å². The summed E-state index contributed by atoms with van der Waals surface area (Å²) in [6.45, 7) is 4.98. The molecule has 1 aliphatic rings. The van der Waals surface area contributed by atoms with E-state index in [2.05, 4.69) is 38.5 Å². The normalized spacial score (nSPS) is 13.4. The van der Waals surface area contributed by atoms with E-state index in [1.165, 1.54) is 0 Å². The molecule has 0 aliphatic carbocycles. The van der Waals surface area contributed by atoms with Crippen LogP contribution in [0.15, 0.2) is 53.3 Å². The second-order valence-electron chi connectivity index (χ2n) is 6.40. The summed E-state index contributed by atoms with van der Waals surface area (Å²) >= 11 is 0. The summed E-state index contributed by atoms with van der Waals surface area (Å²) in [6.07, 6.45) is 5.29. The zero-order valence-electron chi connectivity index (χ0n) is 15.4. The van der Waals surface area contributed by atoms with Crippen LogP contribution in [0, 0.1) is 13.8 Å². The summed E-state index contributed by atoms with van der Waals surface area (Å²) in [5.41, 5.74) is 4.15.